The van der Waals surface area contributed by atoms with Crippen molar-refractivity contribution >= 4 is 24.7 Å². The van der Waals surface area contributed by atoms with Crippen LogP contribution in [0.1, 0.15) is 0 Å². The third kappa shape index (κ3) is 2.00. The molecule has 0 bridgehead atoms. The lowest BCUT2D eigenvalue weighted by molar-refractivity contribution is -0.778. The molecule has 9 heavy (non-hydrogen) atoms. The van der Waals surface area contributed by atoms with Gasteiger partial charge in [0.2, 0.25) is 0 Å². The fourth-order valence-electron chi connectivity index (χ4n) is 0.517. The van der Waals surface area contributed by atoms with Gasteiger partial charge in [0.25, 0.3) is 0 Å². The first kappa shape index (κ1) is 7.11. The zero-order valence-corrected chi connectivity index (χ0v) is 7.25. The largest absolute Gasteiger partial charge is 0.629 e. The van der Waals surface area contributed by atoms with Gasteiger partial charge >= 0.3 is 0 Å². The number of nitrogens with one attached hydrogen (secondary N) is 1. The number of allylic oxidation sites excluding steroid dienone is 2. The summed E-state index contributed by atoms with van der Waals surface area (Å²) in [6, 6.07) is 0. The number of hydrogen-bond donors (Lipinski definition) is 1. The number of halogens is 1. The van der Waals surface area contributed by atoms with Gasteiger partial charge in [0, 0.05) is 10.2 Å². The Kier molecular flexibility index (Phi) is 2.56. The third-order valence-corrected chi connectivity index (χ3v) is 2.87. The van der Waals surface area contributed by atoms with Crippen LogP contribution in [0.5, 0.6) is 0 Å². The van der Waals surface area contributed by atoms with Crippen molar-refractivity contribution in [1.82, 2.24) is 0 Å². The van der Waals surface area contributed by atoms with Crippen LogP contribution in [0.3, 0.4) is 0 Å². The van der Waals surface area contributed by atoms with Gasteiger partial charge in [-0.05, 0) is 4.01 Å². The molecule has 1 aliphatic heterocycles. The van der Waals surface area contributed by atoms with Crippen LogP contribution in [0.2, 0.25) is 0 Å². The Morgan fingerprint density at radius 3 is 2.78 bits per heavy atom. The molecule has 0 aromatic carbocycles. The summed E-state index contributed by atoms with van der Waals surface area (Å²) in [5.74, 6) is 0. The van der Waals surface area contributed by atoms with Gasteiger partial charge in [-0.3, -0.25) is 0 Å². The maximum Gasteiger partial charge on any atom is 0.136 e. The molecule has 0 spiro atoms. The average molecular weight is 237 g/mol. The molecule has 0 fully saturated rings. The molecule has 0 saturated carbocycles. The van der Waals surface area contributed by atoms with E-state index in [2.05, 4.69) is 4.01 Å². The number of hydroxylamine groups is 2. The summed E-state index contributed by atoms with van der Waals surface area (Å²) in [6.45, 7) is 0. The quantitative estimate of drug-likeness (QED) is 0.511. The van der Waals surface area contributed by atoms with Gasteiger partial charge in [-0.25, -0.2) is 0 Å². The van der Waals surface area contributed by atoms with E-state index in [1.165, 1.54) is 0 Å². The second-order valence-electron chi connectivity index (χ2n) is 1.73. The molecule has 1 unspecified atom stereocenters. The smallest absolute Gasteiger partial charge is 0.136 e. The first-order valence-corrected chi connectivity index (χ1v) is 5.13. The molecule has 0 amide bonds. The Morgan fingerprint density at radius 1 is 1.67 bits per heavy atom. The van der Waals surface area contributed by atoms with E-state index in [1.54, 1.807) is 7.05 Å². The first-order valence-electron chi connectivity index (χ1n) is 2.63. The van der Waals surface area contributed by atoms with Crippen molar-refractivity contribution in [3.05, 3.63) is 27.1 Å². The van der Waals surface area contributed by atoms with E-state index in [0.717, 1.165) is 5.70 Å². The molecule has 2 nitrogen and oxygen atoms in total. The Labute approximate surface area is 64.2 Å². The lowest BCUT2D eigenvalue weighted by atomic mass is 10.4. The molecule has 0 aromatic heterocycles. The van der Waals surface area contributed by atoms with Crippen molar-refractivity contribution in [2.45, 2.75) is 0 Å². The Balaban J connectivity index is 2.72. The number of rotatable bonds is 1. The predicted molar refractivity (Wildman–Crippen MR) is 47.6 cm³/mol. The Bertz CT molecular complexity index is 181. The maximum absolute atomic E-state index is 10.7. The monoisotopic (exact) mass is 237 g/mol. The summed E-state index contributed by atoms with van der Waals surface area (Å²) >= 11 is 0.0463. The summed E-state index contributed by atoms with van der Waals surface area (Å²) in [4.78, 5) is 0. The fraction of sp³-hybridized carbons (Fsp3) is 0.167. The molecular weight excluding hydrogens is 229 g/mol. The molecular formula is C6H8INO. The van der Waals surface area contributed by atoms with Crippen molar-refractivity contribution < 1.29 is 5.06 Å². The van der Waals surface area contributed by atoms with Gasteiger partial charge in [-0.15, -0.1) is 0 Å². The van der Waals surface area contributed by atoms with E-state index in [4.69, 9.17) is 0 Å². The van der Waals surface area contributed by atoms with Crippen molar-refractivity contribution in [1.29, 1.82) is 0 Å². The fourth-order valence-corrected chi connectivity index (χ4v) is 2.21. The lowest BCUT2D eigenvalue weighted by Gasteiger charge is -2.16. The average Bonchev–Trinajstić information content (AvgIpc) is 1.90. The summed E-state index contributed by atoms with van der Waals surface area (Å²) in [5.41, 5.74) is 0.880. The minimum Gasteiger partial charge on any atom is -0.629 e. The highest BCUT2D eigenvalue weighted by Crippen LogP contribution is 2.05. The third-order valence-electron chi connectivity index (χ3n) is 1.01. The van der Waals surface area contributed by atoms with Crippen LogP contribution in [0.4, 0.5) is 0 Å². The highest BCUT2D eigenvalue weighted by atomic mass is 127. The van der Waals surface area contributed by atoms with Crippen LogP contribution in [0.15, 0.2) is 21.9 Å². The minimum atomic E-state index is 0.0463. The first-order chi connectivity index (χ1) is 4.30. The molecule has 0 saturated heterocycles. The Hall–Kier alpha value is -0.0000000000000000555. The zero-order chi connectivity index (χ0) is 6.69. The van der Waals surface area contributed by atoms with Crippen LogP contribution < -0.4 is 5.06 Å². The molecule has 3 heteroatoms. The van der Waals surface area contributed by atoms with E-state index in [9.17, 15) is 5.21 Å². The SMILES string of the molecule is C[NH+]([O-])C1=CI=CC=C1. The van der Waals surface area contributed by atoms with Gasteiger partial charge in [0.1, 0.15) is 5.70 Å². The van der Waals surface area contributed by atoms with Crippen molar-refractivity contribution in [3.8, 4) is 0 Å². The zero-order valence-electron chi connectivity index (χ0n) is 5.10. The van der Waals surface area contributed by atoms with Gasteiger partial charge in [-0.1, -0.05) is 26.8 Å². The number of quaternary nitrogens is 1. The van der Waals surface area contributed by atoms with Gasteiger partial charge in [0.05, 0.1) is 7.05 Å². The molecule has 0 radical (unpaired) electrons. The summed E-state index contributed by atoms with van der Waals surface area (Å²) in [7, 11) is 1.60. The van der Waals surface area contributed by atoms with E-state index >= 15 is 0 Å². The highest BCUT2D eigenvalue weighted by Gasteiger charge is 1.95. The van der Waals surface area contributed by atoms with E-state index in [0.29, 0.717) is 0 Å². The summed E-state index contributed by atoms with van der Waals surface area (Å²) in [6.07, 6.45) is 3.83. The van der Waals surface area contributed by atoms with Crippen LogP contribution in [0, 0.1) is 5.21 Å². The normalized spacial score (nSPS) is 20.4. The van der Waals surface area contributed by atoms with E-state index < -0.39 is 0 Å². The van der Waals surface area contributed by atoms with Gasteiger partial charge in [-0.2, -0.15) is 0 Å². The van der Waals surface area contributed by atoms with Crippen LogP contribution in [0.25, 0.3) is 0 Å². The van der Waals surface area contributed by atoms with Crippen LogP contribution in [-0.4, -0.2) is 11.1 Å². The van der Waals surface area contributed by atoms with Crippen molar-refractivity contribution in [3.63, 3.8) is 0 Å². The van der Waals surface area contributed by atoms with Crippen molar-refractivity contribution in [2.24, 2.45) is 0 Å². The van der Waals surface area contributed by atoms with Gasteiger partial charge < -0.3 is 10.3 Å². The molecule has 1 atom stereocenters. The molecule has 0 aromatic rings. The minimum absolute atomic E-state index is 0.0463. The molecule has 1 rings (SSSR count). The molecule has 1 aliphatic rings. The molecule has 1 N–H and O–H groups in total. The molecule has 50 valence electrons. The highest BCUT2D eigenvalue weighted by molar-refractivity contribution is 14.2. The second kappa shape index (κ2) is 3.24. The van der Waals surface area contributed by atoms with E-state index in [1.807, 2.05) is 16.2 Å². The van der Waals surface area contributed by atoms with E-state index in [-0.39, 0.29) is 25.8 Å². The predicted octanol–water partition coefficient (Wildman–Crippen LogP) is 0.183. The molecule has 1 heterocycles. The summed E-state index contributed by atoms with van der Waals surface area (Å²) < 4.78 is 4.17. The van der Waals surface area contributed by atoms with Crippen molar-refractivity contribution in [2.75, 3.05) is 7.05 Å². The maximum atomic E-state index is 10.7. The van der Waals surface area contributed by atoms with Crippen LogP contribution >= 0.6 is 20.7 Å². The number of likely N-dealkylation sites (N-methyl/N-ethyl adjacent to an activating group) is 1. The lowest BCUT2D eigenvalue weighted by Crippen LogP contribution is -3.01. The number of hydrogen-bond acceptors (Lipinski definition) is 1. The standard InChI is InChI=1S/C6H8INO/c1-8(9)6-3-2-4-7-5-6/h2-5,8H,1H3. The Morgan fingerprint density at radius 2 is 2.44 bits per heavy atom. The second-order valence-corrected chi connectivity index (χ2v) is 3.79. The van der Waals surface area contributed by atoms with Crippen LogP contribution in [-0.2, 0) is 0 Å². The topological polar surface area (TPSA) is 27.5 Å². The van der Waals surface area contributed by atoms with Gasteiger partial charge in [0.15, 0.2) is 0 Å². The summed E-state index contributed by atoms with van der Waals surface area (Å²) in [5, 5.41) is 10.9. The molecule has 0 aliphatic carbocycles.